The lowest BCUT2D eigenvalue weighted by molar-refractivity contribution is 0.469. The molecular weight excluding hydrogens is 270 g/mol. The summed E-state index contributed by atoms with van der Waals surface area (Å²) in [6.07, 6.45) is 0.104. The van der Waals surface area contributed by atoms with Crippen LogP contribution in [0.25, 0.3) is 10.8 Å². The van der Waals surface area contributed by atoms with Crippen molar-refractivity contribution in [3.05, 3.63) is 46.5 Å². The van der Waals surface area contributed by atoms with Crippen LogP contribution in [0.3, 0.4) is 0 Å². The fourth-order valence-electron chi connectivity index (χ4n) is 1.98. The SMILES string of the molecule is CCCc1c(F)c(F)c2c(F)c(F)cc(F)c2c1F. The molecule has 0 bridgehead atoms. The van der Waals surface area contributed by atoms with E-state index in [1.807, 2.05) is 0 Å². The third kappa shape index (κ3) is 1.95. The van der Waals surface area contributed by atoms with Crippen molar-refractivity contribution in [2.24, 2.45) is 0 Å². The lowest BCUT2D eigenvalue weighted by Crippen LogP contribution is -2.05. The van der Waals surface area contributed by atoms with E-state index in [1.54, 1.807) is 6.92 Å². The van der Waals surface area contributed by atoms with Gasteiger partial charge in [-0.25, -0.2) is 26.3 Å². The minimum Gasteiger partial charge on any atom is -0.206 e. The highest BCUT2D eigenvalue weighted by Gasteiger charge is 2.26. The van der Waals surface area contributed by atoms with Gasteiger partial charge in [0, 0.05) is 11.6 Å². The van der Waals surface area contributed by atoms with Gasteiger partial charge >= 0.3 is 0 Å². The zero-order valence-corrected chi connectivity index (χ0v) is 9.76. The molecule has 0 fully saturated rings. The van der Waals surface area contributed by atoms with Crippen LogP contribution in [0.2, 0.25) is 0 Å². The zero-order valence-electron chi connectivity index (χ0n) is 9.76. The van der Waals surface area contributed by atoms with Crippen LogP contribution in [0.5, 0.6) is 0 Å². The molecule has 0 aromatic heterocycles. The molecule has 0 aliphatic carbocycles. The molecule has 0 unspecified atom stereocenters. The van der Waals surface area contributed by atoms with Crippen LogP contribution >= 0.6 is 0 Å². The molecular formula is C13H8F6. The summed E-state index contributed by atoms with van der Waals surface area (Å²) in [6.45, 7) is 1.59. The standard InChI is InChI=1S/C13H8F6/c1-2-3-5-10(16)8-6(14)4-7(15)12(18)9(8)13(19)11(5)17/h4H,2-3H2,1H3. The first-order valence-corrected chi connectivity index (χ1v) is 5.52. The molecule has 2 rings (SSSR count). The Hall–Kier alpha value is -1.72. The minimum atomic E-state index is -1.81. The van der Waals surface area contributed by atoms with Gasteiger partial charge in [0.15, 0.2) is 23.3 Å². The van der Waals surface area contributed by atoms with Crippen LogP contribution in [0.1, 0.15) is 18.9 Å². The van der Waals surface area contributed by atoms with E-state index < -0.39 is 51.2 Å². The molecule has 2 aromatic rings. The molecule has 0 atom stereocenters. The summed E-state index contributed by atoms with van der Waals surface area (Å²) in [5, 5.41) is -2.41. The number of halogens is 6. The molecule has 6 heteroatoms. The van der Waals surface area contributed by atoms with Crippen molar-refractivity contribution in [2.75, 3.05) is 0 Å². The molecule has 0 saturated carbocycles. The molecule has 0 spiro atoms. The molecule has 2 aromatic carbocycles. The van der Waals surface area contributed by atoms with Crippen LogP contribution in [-0.2, 0) is 6.42 Å². The topological polar surface area (TPSA) is 0 Å². The Morgan fingerprint density at radius 2 is 1.37 bits per heavy atom. The van der Waals surface area contributed by atoms with Crippen molar-refractivity contribution in [3.8, 4) is 0 Å². The summed E-state index contributed by atoms with van der Waals surface area (Å²) in [5.41, 5.74) is -0.669. The maximum atomic E-state index is 13.9. The Bertz CT molecular complexity index is 662. The van der Waals surface area contributed by atoms with Crippen LogP contribution in [-0.4, -0.2) is 0 Å². The first-order chi connectivity index (χ1) is 8.90. The fraction of sp³-hybridized carbons (Fsp3) is 0.231. The fourth-order valence-corrected chi connectivity index (χ4v) is 1.98. The van der Waals surface area contributed by atoms with Gasteiger partial charge in [-0.15, -0.1) is 0 Å². The third-order valence-corrected chi connectivity index (χ3v) is 2.83. The molecule has 0 radical (unpaired) electrons. The second-order valence-electron chi connectivity index (χ2n) is 4.07. The van der Waals surface area contributed by atoms with Crippen LogP contribution in [0.15, 0.2) is 6.07 Å². The van der Waals surface area contributed by atoms with E-state index in [4.69, 9.17) is 0 Å². The Morgan fingerprint density at radius 3 is 1.95 bits per heavy atom. The van der Waals surface area contributed by atoms with Gasteiger partial charge in [0.25, 0.3) is 0 Å². The van der Waals surface area contributed by atoms with Crippen molar-refractivity contribution in [2.45, 2.75) is 19.8 Å². The molecule has 0 nitrogen and oxygen atoms in total. The Kier molecular flexibility index (Phi) is 3.43. The van der Waals surface area contributed by atoms with E-state index in [2.05, 4.69) is 0 Å². The van der Waals surface area contributed by atoms with Crippen LogP contribution in [0, 0.1) is 34.9 Å². The maximum absolute atomic E-state index is 13.9. The lowest BCUT2D eigenvalue weighted by atomic mass is 10.0. The number of rotatable bonds is 2. The van der Waals surface area contributed by atoms with Crippen LogP contribution < -0.4 is 0 Å². The Balaban J connectivity index is 3.02. The molecule has 0 aliphatic rings. The van der Waals surface area contributed by atoms with E-state index in [1.165, 1.54) is 0 Å². The van der Waals surface area contributed by atoms with Crippen molar-refractivity contribution >= 4 is 10.8 Å². The maximum Gasteiger partial charge on any atom is 0.170 e. The van der Waals surface area contributed by atoms with Gasteiger partial charge < -0.3 is 0 Å². The summed E-state index contributed by atoms with van der Waals surface area (Å²) in [7, 11) is 0. The quantitative estimate of drug-likeness (QED) is 0.555. The Morgan fingerprint density at radius 1 is 0.737 bits per heavy atom. The summed E-state index contributed by atoms with van der Waals surface area (Å²) < 4.78 is 81.1. The lowest BCUT2D eigenvalue weighted by Gasteiger charge is -2.11. The van der Waals surface area contributed by atoms with E-state index in [0.717, 1.165) is 0 Å². The third-order valence-electron chi connectivity index (χ3n) is 2.83. The van der Waals surface area contributed by atoms with Gasteiger partial charge in [-0.05, 0) is 6.42 Å². The first kappa shape index (κ1) is 13.7. The highest BCUT2D eigenvalue weighted by molar-refractivity contribution is 5.86. The number of fused-ring (bicyclic) bond motifs is 1. The molecule has 102 valence electrons. The van der Waals surface area contributed by atoms with Crippen molar-refractivity contribution in [1.29, 1.82) is 0 Å². The monoisotopic (exact) mass is 278 g/mol. The second-order valence-corrected chi connectivity index (χ2v) is 4.07. The van der Waals surface area contributed by atoms with Crippen molar-refractivity contribution in [3.63, 3.8) is 0 Å². The zero-order chi connectivity index (χ0) is 14.3. The number of hydrogen-bond donors (Lipinski definition) is 0. The summed E-state index contributed by atoms with van der Waals surface area (Å²) in [5.74, 6) is -9.78. The normalized spacial score (nSPS) is 11.3. The van der Waals surface area contributed by atoms with E-state index in [9.17, 15) is 26.3 Å². The van der Waals surface area contributed by atoms with Crippen molar-refractivity contribution in [1.82, 2.24) is 0 Å². The summed E-state index contributed by atoms with van der Waals surface area (Å²) >= 11 is 0. The van der Waals surface area contributed by atoms with Gasteiger partial charge in [-0.3, -0.25) is 0 Å². The van der Waals surface area contributed by atoms with E-state index >= 15 is 0 Å². The largest absolute Gasteiger partial charge is 0.206 e. The second kappa shape index (κ2) is 4.75. The predicted molar refractivity (Wildman–Crippen MR) is 57.7 cm³/mol. The van der Waals surface area contributed by atoms with Gasteiger partial charge in [0.1, 0.15) is 11.6 Å². The van der Waals surface area contributed by atoms with Gasteiger partial charge in [0.05, 0.1) is 10.8 Å². The smallest absolute Gasteiger partial charge is 0.170 e. The predicted octanol–water partition coefficient (Wildman–Crippen LogP) is 4.63. The molecule has 0 amide bonds. The molecule has 0 N–H and O–H groups in total. The van der Waals surface area contributed by atoms with Gasteiger partial charge in [-0.1, -0.05) is 13.3 Å². The highest BCUT2D eigenvalue weighted by Crippen LogP contribution is 2.33. The minimum absolute atomic E-state index is 0.105. The Labute approximate surface area is 104 Å². The average Bonchev–Trinajstić information content (AvgIpc) is 2.36. The first-order valence-electron chi connectivity index (χ1n) is 5.52. The molecule has 0 saturated heterocycles. The molecule has 0 aliphatic heterocycles. The average molecular weight is 278 g/mol. The summed E-state index contributed by atoms with van der Waals surface area (Å²) in [6, 6.07) is 0.105. The van der Waals surface area contributed by atoms with Gasteiger partial charge in [-0.2, -0.15) is 0 Å². The summed E-state index contributed by atoms with van der Waals surface area (Å²) in [4.78, 5) is 0. The van der Waals surface area contributed by atoms with E-state index in [-0.39, 0.29) is 18.9 Å². The highest BCUT2D eigenvalue weighted by atomic mass is 19.2. The van der Waals surface area contributed by atoms with E-state index in [0.29, 0.717) is 0 Å². The van der Waals surface area contributed by atoms with Crippen molar-refractivity contribution < 1.29 is 26.3 Å². The van der Waals surface area contributed by atoms with Crippen LogP contribution in [0.4, 0.5) is 26.3 Å². The van der Waals surface area contributed by atoms with Gasteiger partial charge in [0.2, 0.25) is 0 Å². The molecule has 0 heterocycles. The molecule has 19 heavy (non-hydrogen) atoms. The number of benzene rings is 2. The number of hydrogen-bond acceptors (Lipinski definition) is 0.